The summed E-state index contributed by atoms with van der Waals surface area (Å²) in [7, 11) is -2.04. The fourth-order valence-electron chi connectivity index (χ4n) is 4.23. The largest absolute Gasteiger partial charge is 0.245 e. The van der Waals surface area contributed by atoms with E-state index in [4.69, 9.17) is 9.97 Å². The molecule has 0 spiro atoms. The molecule has 0 aliphatic carbocycles. The van der Waals surface area contributed by atoms with Crippen molar-refractivity contribution >= 4 is 52.3 Å². The maximum Gasteiger partial charge on any atom is 0.121 e. The quantitative estimate of drug-likeness (QED) is 0.330. The summed E-state index contributed by atoms with van der Waals surface area (Å²) in [5.41, 5.74) is 5.16. The van der Waals surface area contributed by atoms with E-state index >= 15 is 0 Å². The third-order valence-corrected chi connectivity index (χ3v) is 10.8. The SMILES string of the molecule is C[Si]1(C)C(c2nccs2)=C(c2ccccc2)C(c2ccccc2)=C1c1nccs1. The Kier molecular flexibility index (Phi) is 4.66. The van der Waals surface area contributed by atoms with E-state index in [1.165, 1.54) is 32.7 Å². The van der Waals surface area contributed by atoms with Gasteiger partial charge in [-0.3, -0.25) is 0 Å². The summed E-state index contributed by atoms with van der Waals surface area (Å²) >= 11 is 3.48. The summed E-state index contributed by atoms with van der Waals surface area (Å²) in [5.74, 6) is 0. The first-order chi connectivity index (χ1) is 14.2. The van der Waals surface area contributed by atoms with Gasteiger partial charge in [-0.1, -0.05) is 73.8 Å². The van der Waals surface area contributed by atoms with Crippen molar-refractivity contribution in [2.24, 2.45) is 0 Å². The molecule has 2 nitrogen and oxygen atoms in total. The van der Waals surface area contributed by atoms with Crippen molar-refractivity contribution in [3.05, 3.63) is 105 Å². The lowest BCUT2D eigenvalue weighted by molar-refractivity contribution is 1.38. The summed E-state index contributed by atoms with van der Waals surface area (Å²) < 4.78 is 0. The van der Waals surface area contributed by atoms with E-state index in [1.54, 1.807) is 22.7 Å². The number of thiazole rings is 2. The van der Waals surface area contributed by atoms with Gasteiger partial charge in [0.05, 0.1) is 0 Å². The molecule has 4 aromatic rings. The molecule has 5 heteroatoms. The molecule has 0 fully saturated rings. The molecule has 142 valence electrons. The van der Waals surface area contributed by atoms with E-state index in [1.807, 2.05) is 12.4 Å². The molecule has 2 aromatic carbocycles. The molecule has 0 radical (unpaired) electrons. The molecule has 1 aliphatic rings. The summed E-state index contributed by atoms with van der Waals surface area (Å²) in [6.45, 7) is 4.89. The van der Waals surface area contributed by atoms with Crippen LogP contribution in [-0.4, -0.2) is 18.0 Å². The molecule has 3 heterocycles. The van der Waals surface area contributed by atoms with E-state index in [9.17, 15) is 0 Å². The molecular formula is C24H20N2S2Si. The van der Waals surface area contributed by atoms with Crippen LogP contribution in [0.3, 0.4) is 0 Å². The van der Waals surface area contributed by atoms with Crippen molar-refractivity contribution in [1.29, 1.82) is 0 Å². The molecule has 0 atom stereocenters. The third kappa shape index (κ3) is 3.06. The third-order valence-electron chi connectivity index (χ3n) is 5.42. The predicted octanol–water partition coefficient (Wildman–Crippen LogP) is 6.92. The minimum Gasteiger partial charge on any atom is -0.245 e. The smallest absolute Gasteiger partial charge is 0.121 e. The average molecular weight is 429 g/mol. The maximum absolute atomic E-state index is 4.77. The zero-order chi connectivity index (χ0) is 19.8. The van der Waals surface area contributed by atoms with Crippen molar-refractivity contribution in [1.82, 2.24) is 9.97 Å². The van der Waals surface area contributed by atoms with Crippen LogP contribution >= 0.6 is 22.7 Å². The van der Waals surface area contributed by atoms with Gasteiger partial charge in [-0.25, -0.2) is 9.97 Å². The van der Waals surface area contributed by atoms with Gasteiger partial charge in [0.25, 0.3) is 0 Å². The minimum atomic E-state index is -2.04. The first-order valence-electron chi connectivity index (χ1n) is 9.58. The Bertz CT molecular complexity index is 1090. The lowest BCUT2D eigenvalue weighted by atomic mass is 9.92. The molecule has 1 aliphatic heterocycles. The van der Waals surface area contributed by atoms with Crippen LogP contribution < -0.4 is 0 Å². The van der Waals surface area contributed by atoms with Crippen LogP contribution in [0.2, 0.25) is 13.1 Å². The summed E-state index contributed by atoms with van der Waals surface area (Å²) in [6, 6.07) is 21.6. The normalized spacial score (nSPS) is 15.9. The topological polar surface area (TPSA) is 25.8 Å². The molecule has 0 unspecified atom stereocenters. The van der Waals surface area contributed by atoms with Gasteiger partial charge >= 0.3 is 0 Å². The number of allylic oxidation sites excluding steroid dienone is 2. The van der Waals surface area contributed by atoms with Crippen LogP contribution in [0.1, 0.15) is 21.1 Å². The summed E-state index contributed by atoms with van der Waals surface area (Å²) in [6.07, 6.45) is 3.84. The van der Waals surface area contributed by atoms with E-state index in [0.29, 0.717) is 0 Å². The second kappa shape index (κ2) is 7.33. The number of nitrogens with zero attached hydrogens (tertiary/aromatic N) is 2. The number of hydrogen-bond acceptors (Lipinski definition) is 4. The van der Waals surface area contributed by atoms with Crippen molar-refractivity contribution in [2.45, 2.75) is 13.1 Å². The van der Waals surface area contributed by atoms with Gasteiger partial charge in [-0.15, -0.1) is 22.7 Å². The Hall–Kier alpha value is -2.60. The fraction of sp³-hybridized carbons (Fsp3) is 0.0833. The van der Waals surface area contributed by atoms with Crippen molar-refractivity contribution in [3.8, 4) is 0 Å². The molecule has 0 bridgehead atoms. The van der Waals surface area contributed by atoms with Gasteiger partial charge in [0.15, 0.2) is 0 Å². The Morgan fingerprint density at radius 1 is 0.621 bits per heavy atom. The first kappa shape index (κ1) is 18.4. The van der Waals surface area contributed by atoms with Crippen molar-refractivity contribution in [3.63, 3.8) is 0 Å². The zero-order valence-electron chi connectivity index (χ0n) is 16.3. The Labute approximate surface area is 180 Å². The van der Waals surface area contributed by atoms with E-state index in [2.05, 4.69) is 84.5 Å². The lowest BCUT2D eigenvalue weighted by Gasteiger charge is -2.23. The Morgan fingerprint density at radius 3 is 1.38 bits per heavy atom. The second-order valence-electron chi connectivity index (χ2n) is 7.53. The molecular weight excluding hydrogens is 408 g/mol. The summed E-state index contributed by atoms with van der Waals surface area (Å²) in [4.78, 5) is 9.53. The number of hydrogen-bond donors (Lipinski definition) is 0. The van der Waals surface area contributed by atoms with Crippen LogP contribution in [0.4, 0.5) is 0 Å². The highest BCUT2D eigenvalue weighted by Gasteiger charge is 2.45. The van der Waals surface area contributed by atoms with Gasteiger partial charge in [-0.2, -0.15) is 0 Å². The van der Waals surface area contributed by atoms with Gasteiger partial charge in [-0.05, 0) is 32.7 Å². The van der Waals surface area contributed by atoms with Crippen LogP contribution in [-0.2, 0) is 0 Å². The predicted molar refractivity (Wildman–Crippen MR) is 128 cm³/mol. The van der Waals surface area contributed by atoms with E-state index in [-0.39, 0.29) is 0 Å². The molecule has 0 saturated heterocycles. The van der Waals surface area contributed by atoms with Crippen LogP contribution in [0.15, 0.2) is 83.8 Å². The number of aromatic nitrogens is 2. The van der Waals surface area contributed by atoms with E-state index < -0.39 is 8.07 Å². The lowest BCUT2D eigenvalue weighted by Crippen LogP contribution is -2.28. The van der Waals surface area contributed by atoms with E-state index in [0.717, 1.165) is 10.0 Å². The second-order valence-corrected chi connectivity index (χ2v) is 13.6. The molecule has 0 saturated carbocycles. The highest BCUT2D eigenvalue weighted by molar-refractivity contribution is 7.22. The first-order valence-corrected chi connectivity index (χ1v) is 14.3. The van der Waals surface area contributed by atoms with Gasteiger partial charge in [0.2, 0.25) is 0 Å². The molecule has 5 rings (SSSR count). The fourth-order valence-corrected chi connectivity index (χ4v) is 10.5. The van der Waals surface area contributed by atoms with Crippen molar-refractivity contribution < 1.29 is 0 Å². The number of rotatable bonds is 4. The standard InChI is InChI=1S/C24H20N2S2Si/c1-29(2)21(23-25-13-15-27-23)19(17-9-5-3-6-10-17)20(18-11-7-4-8-12-18)22(29)24-26-14-16-28-24/h3-16H,1-2H3. The van der Waals surface area contributed by atoms with Crippen LogP contribution in [0.25, 0.3) is 21.5 Å². The maximum atomic E-state index is 4.77. The molecule has 0 N–H and O–H groups in total. The average Bonchev–Trinajstić information content (AvgIpc) is 3.48. The number of benzene rings is 2. The Balaban J connectivity index is 1.91. The molecule has 29 heavy (non-hydrogen) atoms. The summed E-state index contributed by atoms with van der Waals surface area (Å²) in [5, 5.41) is 9.28. The highest BCUT2D eigenvalue weighted by Crippen LogP contribution is 2.55. The monoisotopic (exact) mass is 428 g/mol. The van der Waals surface area contributed by atoms with Crippen LogP contribution in [0, 0.1) is 0 Å². The van der Waals surface area contributed by atoms with Gasteiger partial charge in [0.1, 0.15) is 18.1 Å². The molecule has 2 aromatic heterocycles. The molecule has 0 amide bonds. The van der Waals surface area contributed by atoms with Gasteiger partial charge in [0, 0.05) is 23.2 Å². The zero-order valence-corrected chi connectivity index (χ0v) is 18.9. The Morgan fingerprint density at radius 2 is 1.03 bits per heavy atom. The minimum absolute atomic E-state index is 1.14. The van der Waals surface area contributed by atoms with Crippen molar-refractivity contribution in [2.75, 3.05) is 0 Å². The van der Waals surface area contributed by atoms with Crippen LogP contribution in [0.5, 0.6) is 0 Å². The van der Waals surface area contributed by atoms with Gasteiger partial charge < -0.3 is 0 Å². The highest BCUT2D eigenvalue weighted by atomic mass is 32.1.